The van der Waals surface area contributed by atoms with Crippen LogP contribution in [-0.2, 0) is 4.74 Å². The molecule has 0 aliphatic rings. The third kappa shape index (κ3) is 4.16. The molecular weight excluding hydrogens is 392 g/mol. The minimum Gasteiger partial charge on any atom is -0.495 e. The second kappa shape index (κ2) is 8.86. The van der Waals surface area contributed by atoms with Gasteiger partial charge in [0.15, 0.2) is 5.11 Å². The van der Waals surface area contributed by atoms with Crippen molar-refractivity contribution in [1.29, 1.82) is 0 Å². The third-order valence-corrected chi connectivity index (χ3v) is 5.34. The summed E-state index contributed by atoms with van der Waals surface area (Å²) in [5, 5.41) is 7.24. The first-order valence-electron chi connectivity index (χ1n) is 8.53. The Morgan fingerprint density at radius 3 is 2.36 bits per heavy atom. The van der Waals surface area contributed by atoms with E-state index in [4.69, 9.17) is 21.7 Å². The van der Waals surface area contributed by atoms with E-state index >= 15 is 0 Å². The SMILES string of the molecule is COC(=O)c1c(NC(=S)Nc2ccccc2OC)sc(C)c1-c1ccccc1. The second-order valence-corrected chi connectivity index (χ2v) is 7.51. The van der Waals surface area contributed by atoms with Gasteiger partial charge in [0.05, 0.1) is 19.9 Å². The molecule has 0 atom stereocenters. The summed E-state index contributed by atoms with van der Waals surface area (Å²) < 4.78 is 10.4. The van der Waals surface area contributed by atoms with Crippen LogP contribution in [0.4, 0.5) is 10.7 Å². The molecule has 5 nitrogen and oxygen atoms in total. The van der Waals surface area contributed by atoms with Gasteiger partial charge in [0.2, 0.25) is 0 Å². The van der Waals surface area contributed by atoms with Crippen molar-refractivity contribution in [2.24, 2.45) is 0 Å². The number of thiophene rings is 1. The quantitative estimate of drug-likeness (QED) is 0.436. The van der Waals surface area contributed by atoms with E-state index in [2.05, 4.69) is 10.6 Å². The van der Waals surface area contributed by atoms with E-state index in [9.17, 15) is 4.79 Å². The fraction of sp³-hybridized carbons (Fsp3) is 0.143. The third-order valence-electron chi connectivity index (χ3n) is 4.12. The highest BCUT2D eigenvalue weighted by molar-refractivity contribution is 7.80. The maximum absolute atomic E-state index is 12.5. The van der Waals surface area contributed by atoms with E-state index in [0.29, 0.717) is 21.4 Å². The van der Waals surface area contributed by atoms with Gasteiger partial charge >= 0.3 is 5.97 Å². The zero-order chi connectivity index (χ0) is 20.1. The Labute approximate surface area is 173 Å². The van der Waals surface area contributed by atoms with E-state index in [0.717, 1.165) is 21.7 Å². The number of anilines is 2. The largest absolute Gasteiger partial charge is 0.495 e. The van der Waals surface area contributed by atoms with E-state index < -0.39 is 5.97 Å². The molecular formula is C21H20N2O3S2. The van der Waals surface area contributed by atoms with Crippen molar-refractivity contribution < 1.29 is 14.3 Å². The summed E-state index contributed by atoms with van der Waals surface area (Å²) in [4.78, 5) is 13.5. The molecule has 1 aromatic heterocycles. The fourth-order valence-electron chi connectivity index (χ4n) is 2.89. The average Bonchev–Trinajstić information content (AvgIpc) is 3.03. The standard InChI is InChI=1S/C21H20N2O3S2/c1-13-17(14-9-5-4-6-10-14)18(20(24)26-3)19(28-13)23-21(27)22-15-11-7-8-12-16(15)25-2/h4-12H,1-3H3,(H2,22,23,27). The van der Waals surface area contributed by atoms with Crippen LogP contribution in [0.3, 0.4) is 0 Å². The van der Waals surface area contributed by atoms with E-state index in [1.165, 1.54) is 18.4 Å². The Morgan fingerprint density at radius 1 is 1.00 bits per heavy atom. The van der Waals surface area contributed by atoms with Gasteiger partial charge in [0.25, 0.3) is 0 Å². The number of rotatable bonds is 5. The molecule has 144 valence electrons. The Hall–Kier alpha value is -2.90. The van der Waals surface area contributed by atoms with E-state index in [1.807, 2.05) is 61.5 Å². The van der Waals surface area contributed by atoms with E-state index in [-0.39, 0.29) is 0 Å². The number of hydrogen-bond acceptors (Lipinski definition) is 5. The van der Waals surface area contributed by atoms with Crippen molar-refractivity contribution in [3.8, 4) is 16.9 Å². The molecule has 0 saturated heterocycles. The highest BCUT2D eigenvalue weighted by Crippen LogP contribution is 2.40. The van der Waals surface area contributed by atoms with Crippen molar-refractivity contribution in [1.82, 2.24) is 0 Å². The monoisotopic (exact) mass is 412 g/mol. The first-order chi connectivity index (χ1) is 13.5. The molecule has 3 aromatic rings. The molecule has 0 spiro atoms. The van der Waals surface area contributed by atoms with Crippen LogP contribution in [0, 0.1) is 6.92 Å². The summed E-state index contributed by atoms with van der Waals surface area (Å²) in [6.07, 6.45) is 0. The van der Waals surface area contributed by atoms with Crippen LogP contribution >= 0.6 is 23.6 Å². The summed E-state index contributed by atoms with van der Waals surface area (Å²) in [5.41, 5.74) is 3.01. The number of carbonyl (C=O) groups is 1. The van der Waals surface area contributed by atoms with Gasteiger partial charge in [-0.15, -0.1) is 11.3 Å². The zero-order valence-electron chi connectivity index (χ0n) is 15.7. The first kappa shape index (κ1) is 19.9. The predicted octanol–water partition coefficient (Wildman–Crippen LogP) is 5.33. The van der Waals surface area contributed by atoms with Crippen molar-refractivity contribution in [3.05, 3.63) is 65.0 Å². The summed E-state index contributed by atoms with van der Waals surface area (Å²) in [6.45, 7) is 1.97. The minimum absolute atomic E-state index is 0.357. The average molecular weight is 413 g/mol. The number of hydrogen-bond donors (Lipinski definition) is 2. The summed E-state index contributed by atoms with van der Waals surface area (Å²) >= 11 is 6.91. The Bertz CT molecular complexity index is 1000. The van der Waals surface area contributed by atoms with Crippen LogP contribution in [0.1, 0.15) is 15.2 Å². The lowest BCUT2D eigenvalue weighted by atomic mass is 10.0. The van der Waals surface area contributed by atoms with E-state index in [1.54, 1.807) is 7.11 Å². The highest BCUT2D eigenvalue weighted by atomic mass is 32.1. The van der Waals surface area contributed by atoms with Gasteiger partial charge in [-0.05, 0) is 36.8 Å². The molecule has 0 aliphatic heterocycles. The smallest absolute Gasteiger partial charge is 0.341 e. The summed E-state index contributed by atoms with van der Waals surface area (Å²) in [5.74, 6) is 0.262. The molecule has 3 rings (SSSR count). The molecule has 0 bridgehead atoms. The van der Waals surface area contributed by atoms with Gasteiger partial charge < -0.3 is 20.1 Å². The van der Waals surface area contributed by atoms with Crippen LogP contribution in [0.5, 0.6) is 5.75 Å². The van der Waals surface area contributed by atoms with Crippen LogP contribution in [0.2, 0.25) is 0 Å². The number of carbonyl (C=O) groups excluding carboxylic acids is 1. The molecule has 0 fully saturated rings. The number of thiocarbonyl (C=S) groups is 1. The zero-order valence-corrected chi connectivity index (χ0v) is 17.4. The second-order valence-electron chi connectivity index (χ2n) is 5.87. The van der Waals surface area contributed by atoms with Gasteiger partial charge in [-0.1, -0.05) is 42.5 Å². The minimum atomic E-state index is -0.411. The Kier molecular flexibility index (Phi) is 6.28. The molecule has 7 heteroatoms. The molecule has 2 aromatic carbocycles. The van der Waals surface area contributed by atoms with Gasteiger partial charge in [-0.25, -0.2) is 4.79 Å². The van der Waals surface area contributed by atoms with Crippen molar-refractivity contribution in [2.45, 2.75) is 6.92 Å². The number of aryl methyl sites for hydroxylation is 1. The van der Waals surface area contributed by atoms with Gasteiger partial charge in [-0.2, -0.15) is 0 Å². The molecule has 0 amide bonds. The van der Waals surface area contributed by atoms with Crippen LogP contribution < -0.4 is 15.4 Å². The number of para-hydroxylation sites is 2. The maximum atomic E-state index is 12.5. The lowest BCUT2D eigenvalue weighted by Crippen LogP contribution is -2.20. The molecule has 0 unspecified atom stereocenters. The normalized spacial score (nSPS) is 10.2. The first-order valence-corrected chi connectivity index (χ1v) is 9.75. The van der Waals surface area contributed by atoms with Crippen LogP contribution in [0.25, 0.3) is 11.1 Å². The maximum Gasteiger partial charge on any atom is 0.341 e. The van der Waals surface area contributed by atoms with Gasteiger partial charge in [0.1, 0.15) is 16.3 Å². The number of ether oxygens (including phenoxy) is 2. The van der Waals surface area contributed by atoms with Crippen molar-refractivity contribution in [3.63, 3.8) is 0 Å². The number of methoxy groups -OCH3 is 2. The summed E-state index contributed by atoms with van der Waals surface area (Å²) in [7, 11) is 2.97. The Morgan fingerprint density at radius 2 is 1.68 bits per heavy atom. The molecule has 2 N–H and O–H groups in total. The highest BCUT2D eigenvalue weighted by Gasteiger charge is 2.24. The van der Waals surface area contributed by atoms with Crippen LogP contribution in [0.15, 0.2) is 54.6 Å². The molecule has 0 radical (unpaired) electrons. The van der Waals surface area contributed by atoms with Crippen LogP contribution in [-0.4, -0.2) is 25.3 Å². The molecule has 1 heterocycles. The topological polar surface area (TPSA) is 59.6 Å². The summed E-state index contributed by atoms with van der Waals surface area (Å²) in [6, 6.07) is 17.2. The molecule has 0 aliphatic carbocycles. The molecule has 28 heavy (non-hydrogen) atoms. The molecule has 0 saturated carbocycles. The Balaban J connectivity index is 1.94. The van der Waals surface area contributed by atoms with Gasteiger partial charge in [-0.3, -0.25) is 0 Å². The predicted molar refractivity (Wildman–Crippen MR) is 119 cm³/mol. The number of esters is 1. The lowest BCUT2D eigenvalue weighted by molar-refractivity contribution is 0.0603. The van der Waals surface area contributed by atoms with Crippen molar-refractivity contribution in [2.75, 3.05) is 24.9 Å². The van der Waals surface area contributed by atoms with Gasteiger partial charge in [0, 0.05) is 10.4 Å². The van der Waals surface area contributed by atoms with Crippen molar-refractivity contribution >= 4 is 45.3 Å². The lowest BCUT2D eigenvalue weighted by Gasteiger charge is -2.13. The number of benzene rings is 2. The fourth-order valence-corrected chi connectivity index (χ4v) is 4.23. The number of nitrogens with one attached hydrogen (secondary N) is 2.